The minimum atomic E-state index is -0.296. The maximum absolute atomic E-state index is 13.5. The Morgan fingerprint density at radius 2 is 1.95 bits per heavy atom. The van der Waals surface area contributed by atoms with Gasteiger partial charge in [-0.25, -0.2) is 4.39 Å². The fourth-order valence-corrected chi connectivity index (χ4v) is 3.05. The second-order valence-electron chi connectivity index (χ2n) is 6.53. The molecule has 0 radical (unpaired) electrons. The van der Waals surface area contributed by atoms with Crippen LogP contribution in [0.5, 0.6) is 0 Å². The third-order valence-electron chi connectivity index (χ3n) is 4.79. The van der Waals surface area contributed by atoms with Gasteiger partial charge in [-0.1, -0.05) is 19.1 Å². The maximum atomic E-state index is 13.5. The normalized spacial score (nSPS) is 22.5. The summed E-state index contributed by atoms with van der Waals surface area (Å²) in [5, 5.41) is 0. The molecule has 0 atom stereocenters. The standard InChI is InChI=1S/C18H26FNO/c1-13-4-8-16(9-5-13)20(3)11-10-18(21)15-7-6-14(2)17(19)12-15/h6-7,12-13,16H,4-5,8-11H2,1-3H3. The topological polar surface area (TPSA) is 20.3 Å². The summed E-state index contributed by atoms with van der Waals surface area (Å²) in [6.07, 6.45) is 5.49. The van der Waals surface area contributed by atoms with Crippen LogP contribution in [0.15, 0.2) is 18.2 Å². The van der Waals surface area contributed by atoms with Crippen molar-refractivity contribution in [2.45, 2.75) is 52.0 Å². The Morgan fingerprint density at radius 3 is 2.57 bits per heavy atom. The highest BCUT2D eigenvalue weighted by Gasteiger charge is 2.22. The summed E-state index contributed by atoms with van der Waals surface area (Å²) >= 11 is 0. The third kappa shape index (κ3) is 4.37. The van der Waals surface area contributed by atoms with Crippen molar-refractivity contribution in [1.82, 2.24) is 4.90 Å². The first-order valence-electron chi connectivity index (χ1n) is 7.97. The average molecular weight is 291 g/mol. The van der Waals surface area contributed by atoms with Crippen LogP contribution in [-0.2, 0) is 0 Å². The van der Waals surface area contributed by atoms with Crippen molar-refractivity contribution >= 4 is 5.78 Å². The van der Waals surface area contributed by atoms with E-state index < -0.39 is 0 Å². The zero-order chi connectivity index (χ0) is 15.4. The Balaban J connectivity index is 1.84. The number of carbonyl (C=O) groups excluding carboxylic acids is 1. The van der Waals surface area contributed by atoms with E-state index in [0.29, 0.717) is 23.6 Å². The van der Waals surface area contributed by atoms with Gasteiger partial charge in [-0.3, -0.25) is 4.79 Å². The fraction of sp³-hybridized carbons (Fsp3) is 0.611. The van der Waals surface area contributed by atoms with Crippen LogP contribution in [0.2, 0.25) is 0 Å². The van der Waals surface area contributed by atoms with E-state index in [0.717, 1.165) is 12.5 Å². The molecule has 0 aliphatic heterocycles. The molecule has 1 aliphatic carbocycles. The molecule has 0 heterocycles. The van der Waals surface area contributed by atoms with Crippen molar-refractivity contribution in [3.63, 3.8) is 0 Å². The lowest BCUT2D eigenvalue weighted by atomic mass is 9.86. The second kappa shape index (κ2) is 7.17. The van der Waals surface area contributed by atoms with Crippen LogP contribution in [0, 0.1) is 18.7 Å². The van der Waals surface area contributed by atoms with Crippen LogP contribution in [0.3, 0.4) is 0 Å². The molecule has 0 unspecified atom stereocenters. The van der Waals surface area contributed by atoms with Gasteiger partial charge in [-0.2, -0.15) is 0 Å². The number of hydrogen-bond acceptors (Lipinski definition) is 2. The van der Waals surface area contributed by atoms with E-state index in [4.69, 9.17) is 0 Å². The van der Waals surface area contributed by atoms with Crippen molar-refractivity contribution in [1.29, 1.82) is 0 Å². The Kier molecular flexibility index (Phi) is 5.51. The number of Topliss-reactive ketones (excluding diaryl/α,β-unsaturated/α-hetero) is 1. The van der Waals surface area contributed by atoms with Gasteiger partial charge in [-0.15, -0.1) is 0 Å². The largest absolute Gasteiger partial charge is 0.303 e. The molecule has 0 N–H and O–H groups in total. The van der Waals surface area contributed by atoms with Gasteiger partial charge >= 0.3 is 0 Å². The smallest absolute Gasteiger partial charge is 0.164 e. The van der Waals surface area contributed by atoms with E-state index >= 15 is 0 Å². The Morgan fingerprint density at radius 1 is 1.29 bits per heavy atom. The van der Waals surface area contributed by atoms with E-state index in [9.17, 15) is 9.18 Å². The Hall–Kier alpha value is -1.22. The fourth-order valence-electron chi connectivity index (χ4n) is 3.05. The average Bonchev–Trinajstić information content (AvgIpc) is 2.48. The zero-order valence-electron chi connectivity index (χ0n) is 13.4. The summed E-state index contributed by atoms with van der Waals surface area (Å²) < 4.78 is 13.5. The van der Waals surface area contributed by atoms with Crippen LogP contribution in [-0.4, -0.2) is 30.3 Å². The minimum Gasteiger partial charge on any atom is -0.303 e. The number of nitrogens with zero attached hydrogens (tertiary/aromatic N) is 1. The number of hydrogen-bond donors (Lipinski definition) is 0. The highest BCUT2D eigenvalue weighted by atomic mass is 19.1. The molecule has 0 aromatic heterocycles. The third-order valence-corrected chi connectivity index (χ3v) is 4.79. The number of halogens is 1. The Labute approximate surface area is 127 Å². The van der Waals surface area contributed by atoms with E-state index in [1.54, 1.807) is 19.1 Å². The highest BCUT2D eigenvalue weighted by Crippen LogP contribution is 2.26. The van der Waals surface area contributed by atoms with Gasteiger partial charge in [0.15, 0.2) is 5.78 Å². The molecular weight excluding hydrogens is 265 g/mol. The maximum Gasteiger partial charge on any atom is 0.164 e. The van der Waals surface area contributed by atoms with Crippen LogP contribution in [0.4, 0.5) is 4.39 Å². The second-order valence-corrected chi connectivity index (χ2v) is 6.53. The molecule has 0 spiro atoms. The van der Waals surface area contributed by atoms with Crippen LogP contribution in [0.1, 0.15) is 54.9 Å². The molecule has 1 aromatic carbocycles. The molecule has 1 saturated carbocycles. The first kappa shape index (κ1) is 16.2. The zero-order valence-corrected chi connectivity index (χ0v) is 13.4. The summed E-state index contributed by atoms with van der Waals surface area (Å²) in [5.74, 6) is 0.576. The van der Waals surface area contributed by atoms with E-state index in [1.807, 2.05) is 0 Å². The van der Waals surface area contributed by atoms with Gasteiger partial charge in [0.05, 0.1) is 0 Å². The van der Waals surface area contributed by atoms with E-state index in [-0.39, 0.29) is 11.6 Å². The molecule has 3 heteroatoms. The Bertz CT molecular complexity index is 492. The molecule has 1 fully saturated rings. The lowest BCUT2D eigenvalue weighted by molar-refractivity contribution is 0.0947. The number of rotatable bonds is 5. The van der Waals surface area contributed by atoms with E-state index in [1.165, 1.54) is 31.7 Å². The van der Waals surface area contributed by atoms with Crippen LogP contribution < -0.4 is 0 Å². The number of aryl methyl sites for hydroxylation is 1. The van der Waals surface area contributed by atoms with Crippen molar-refractivity contribution in [2.75, 3.05) is 13.6 Å². The minimum absolute atomic E-state index is 0.0323. The van der Waals surface area contributed by atoms with Gasteiger partial charge < -0.3 is 4.90 Å². The van der Waals surface area contributed by atoms with Crippen LogP contribution in [0.25, 0.3) is 0 Å². The first-order chi connectivity index (χ1) is 9.97. The SMILES string of the molecule is Cc1ccc(C(=O)CCN(C)C2CCC(C)CC2)cc1F. The van der Waals surface area contributed by atoms with Crippen molar-refractivity contribution in [3.8, 4) is 0 Å². The van der Waals surface area contributed by atoms with Crippen molar-refractivity contribution < 1.29 is 9.18 Å². The summed E-state index contributed by atoms with van der Waals surface area (Å²) in [4.78, 5) is 14.5. The molecular formula is C18H26FNO. The molecule has 1 aromatic rings. The van der Waals surface area contributed by atoms with Gasteiger partial charge in [0.1, 0.15) is 5.82 Å². The van der Waals surface area contributed by atoms with Gasteiger partial charge in [0.2, 0.25) is 0 Å². The monoisotopic (exact) mass is 291 g/mol. The molecule has 21 heavy (non-hydrogen) atoms. The molecule has 0 bridgehead atoms. The molecule has 2 nitrogen and oxygen atoms in total. The van der Waals surface area contributed by atoms with Gasteiger partial charge in [-0.05, 0) is 57.2 Å². The molecule has 2 rings (SSSR count). The molecule has 0 amide bonds. The van der Waals surface area contributed by atoms with Gasteiger partial charge in [0.25, 0.3) is 0 Å². The highest BCUT2D eigenvalue weighted by molar-refractivity contribution is 5.96. The summed E-state index contributed by atoms with van der Waals surface area (Å²) in [6.45, 7) is 4.78. The predicted molar refractivity (Wildman–Crippen MR) is 84.1 cm³/mol. The summed E-state index contributed by atoms with van der Waals surface area (Å²) in [7, 11) is 2.10. The summed E-state index contributed by atoms with van der Waals surface area (Å²) in [6, 6.07) is 5.36. The van der Waals surface area contributed by atoms with Crippen molar-refractivity contribution in [2.24, 2.45) is 5.92 Å². The first-order valence-corrected chi connectivity index (χ1v) is 7.97. The lowest BCUT2D eigenvalue weighted by Crippen LogP contribution is -2.36. The molecule has 1 aliphatic rings. The lowest BCUT2D eigenvalue weighted by Gasteiger charge is -2.33. The van der Waals surface area contributed by atoms with Crippen LogP contribution >= 0.6 is 0 Å². The number of carbonyl (C=O) groups is 1. The quantitative estimate of drug-likeness (QED) is 0.757. The van der Waals surface area contributed by atoms with Gasteiger partial charge in [0, 0.05) is 24.6 Å². The number of benzene rings is 1. The predicted octanol–water partition coefficient (Wildman–Crippen LogP) is 4.22. The molecule has 0 saturated heterocycles. The number of ketones is 1. The van der Waals surface area contributed by atoms with Crippen molar-refractivity contribution in [3.05, 3.63) is 35.1 Å². The summed E-state index contributed by atoms with van der Waals surface area (Å²) in [5.41, 5.74) is 1.07. The van der Waals surface area contributed by atoms with E-state index in [2.05, 4.69) is 18.9 Å². The molecule has 116 valence electrons.